The van der Waals surface area contributed by atoms with Gasteiger partial charge in [-0.1, -0.05) is 42.5 Å². The number of rotatable bonds is 4. The fourth-order valence-corrected chi connectivity index (χ4v) is 4.24. The third-order valence-electron chi connectivity index (χ3n) is 5.70. The van der Waals surface area contributed by atoms with E-state index in [1.54, 1.807) is 6.07 Å². The molecule has 1 N–H and O–H groups in total. The maximum atomic E-state index is 12.7. The molecular formula is C24H22N4O2. The van der Waals surface area contributed by atoms with Crippen molar-refractivity contribution < 1.29 is 4.79 Å². The minimum absolute atomic E-state index is 0.0188. The summed E-state index contributed by atoms with van der Waals surface area (Å²) in [5.41, 5.74) is 3.16. The quantitative estimate of drug-likeness (QED) is 0.573. The molecule has 6 nitrogen and oxygen atoms in total. The standard InChI is InChI=1S/C24H22N4O2/c29-23(25-20-10-5-8-17-6-1-3-9-19(17)20)16-28-24(30)13-12-22(26-28)27-15-14-18-7-2-4-11-21(18)27/h1-4,6-7,9,11-15,20H,5,8,10,16H2,(H,25,29)/t20-/m0/s1. The van der Waals surface area contributed by atoms with Crippen LogP contribution >= 0.6 is 0 Å². The van der Waals surface area contributed by atoms with Crippen molar-refractivity contribution >= 4 is 16.8 Å². The van der Waals surface area contributed by atoms with Gasteiger partial charge in [-0.25, -0.2) is 4.68 Å². The molecule has 2 heterocycles. The molecule has 1 atom stereocenters. The van der Waals surface area contributed by atoms with Crippen LogP contribution in [-0.4, -0.2) is 20.3 Å². The van der Waals surface area contributed by atoms with Crippen molar-refractivity contribution in [3.63, 3.8) is 0 Å². The predicted octanol–water partition coefficient (Wildman–Crippen LogP) is 3.38. The molecule has 150 valence electrons. The first-order chi connectivity index (χ1) is 14.7. The zero-order valence-electron chi connectivity index (χ0n) is 16.5. The van der Waals surface area contributed by atoms with Crippen LogP contribution in [0.1, 0.15) is 30.0 Å². The van der Waals surface area contributed by atoms with Gasteiger partial charge in [0.1, 0.15) is 6.54 Å². The fraction of sp³-hybridized carbons (Fsp3) is 0.208. The smallest absolute Gasteiger partial charge is 0.267 e. The van der Waals surface area contributed by atoms with Crippen molar-refractivity contribution in [3.8, 4) is 5.82 Å². The van der Waals surface area contributed by atoms with Crippen molar-refractivity contribution in [2.45, 2.75) is 31.8 Å². The summed E-state index contributed by atoms with van der Waals surface area (Å²) in [7, 11) is 0. The lowest BCUT2D eigenvalue weighted by Gasteiger charge is -2.26. The van der Waals surface area contributed by atoms with Crippen LogP contribution in [0.2, 0.25) is 0 Å². The highest BCUT2D eigenvalue weighted by Gasteiger charge is 2.21. The van der Waals surface area contributed by atoms with E-state index in [0.29, 0.717) is 5.82 Å². The molecule has 5 rings (SSSR count). The summed E-state index contributed by atoms with van der Waals surface area (Å²) in [5.74, 6) is 0.396. The molecule has 0 unspecified atom stereocenters. The number of para-hydroxylation sites is 1. The minimum Gasteiger partial charge on any atom is -0.348 e. The summed E-state index contributed by atoms with van der Waals surface area (Å²) < 4.78 is 3.15. The van der Waals surface area contributed by atoms with E-state index >= 15 is 0 Å². The molecule has 0 saturated heterocycles. The van der Waals surface area contributed by atoms with Crippen LogP contribution in [0.15, 0.2) is 77.7 Å². The Morgan fingerprint density at radius 1 is 1.03 bits per heavy atom. The Balaban J connectivity index is 1.38. The minimum atomic E-state index is -0.297. The summed E-state index contributed by atoms with van der Waals surface area (Å²) in [6, 6.07) is 21.3. The van der Waals surface area contributed by atoms with Gasteiger partial charge >= 0.3 is 0 Å². The molecule has 2 aromatic carbocycles. The SMILES string of the molecule is O=C(Cn1nc(-n2ccc3ccccc32)ccc1=O)N[C@H]1CCCc2ccccc21. The predicted molar refractivity (Wildman–Crippen MR) is 116 cm³/mol. The van der Waals surface area contributed by atoms with E-state index in [2.05, 4.69) is 22.5 Å². The van der Waals surface area contributed by atoms with Gasteiger partial charge < -0.3 is 5.32 Å². The molecule has 0 bridgehead atoms. The lowest BCUT2D eigenvalue weighted by atomic mass is 9.88. The van der Waals surface area contributed by atoms with Crippen LogP contribution in [0.25, 0.3) is 16.7 Å². The average molecular weight is 398 g/mol. The third kappa shape index (κ3) is 3.41. The van der Waals surface area contributed by atoms with Gasteiger partial charge in [-0.15, -0.1) is 0 Å². The molecule has 0 aliphatic heterocycles. The number of nitrogens with one attached hydrogen (secondary N) is 1. The Morgan fingerprint density at radius 3 is 2.80 bits per heavy atom. The second-order valence-corrected chi connectivity index (χ2v) is 7.64. The lowest BCUT2D eigenvalue weighted by Crippen LogP contribution is -2.37. The number of hydrogen-bond donors (Lipinski definition) is 1. The van der Waals surface area contributed by atoms with Crippen molar-refractivity contribution in [2.24, 2.45) is 0 Å². The second kappa shape index (κ2) is 7.63. The van der Waals surface area contributed by atoms with Gasteiger partial charge in [-0.3, -0.25) is 14.2 Å². The van der Waals surface area contributed by atoms with Crippen molar-refractivity contribution in [1.29, 1.82) is 0 Å². The zero-order valence-corrected chi connectivity index (χ0v) is 16.5. The molecular weight excluding hydrogens is 376 g/mol. The molecule has 1 amide bonds. The Kier molecular flexibility index (Phi) is 4.67. The summed E-state index contributed by atoms with van der Waals surface area (Å²) in [6.45, 7) is -0.107. The Labute approximate surface area is 173 Å². The van der Waals surface area contributed by atoms with E-state index in [4.69, 9.17) is 0 Å². The molecule has 1 aliphatic carbocycles. The zero-order chi connectivity index (χ0) is 20.5. The molecule has 30 heavy (non-hydrogen) atoms. The summed E-state index contributed by atoms with van der Waals surface area (Å²) >= 11 is 0. The van der Waals surface area contributed by atoms with Gasteiger partial charge in [0.15, 0.2) is 5.82 Å². The van der Waals surface area contributed by atoms with Crippen molar-refractivity contribution in [2.75, 3.05) is 0 Å². The number of aromatic nitrogens is 3. The fourth-order valence-electron chi connectivity index (χ4n) is 4.24. The van der Waals surface area contributed by atoms with Crippen LogP contribution in [-0.2, 0) is 17.8 Å². The lowest BCUT2D eigenvalue weighted by molar-refractivity contribution is -0.122. The first kappa shape index (κ1) is 18.4. The van der Waals surface area contributed by atoms with E-state index in [0.717, 1.165) is 30.2 Å². The number of carbonyl (C=O) groups excluding carboxylic acids is 1. The maximum Gasteiger partial charge on any atom is 0.267 e. The number of hydrogen-bond acceptors (Lipinski definition) is 3. The summed E-state index contributed by atoms with van der Waals surface area (Å²) in [6.07, 6.45) is 4.90. The molecule has 2 aromatic heterocycles. The molecule has 6 heteroatoms. The number of carbonyl (C=O) groups is 1. The van der Waals surface area contributed by atoms with Crippen LogP contribution in [0.5, 0.6) is 0 Å². The van der Waals surface area contributed by atoms with Crippen LogP contribution < -0.4 is 10.9 Å². The second-order valence-electron chi connectivity index (χ2n) is 7.64. The number of nitrogens with zero attached hydrogens (tertiary/aromatic N) is 3. The highest BCUT2D eigenvalue weighted by molar-refractivity contribution is 5.81. The van der Waals surface area contributed by atoms with Crippen molar-refractivity contribution in [3.05, 3.63) is 94.4 Å². The van der Waals surface area contributed by atoms with Gasteiger partial charge in [0.2, 0.25) is 5.91 Å². The maximum absolute atomic E-state index is 12.7. The van der Waals surface area contributed by atoms with Gasteiger partial charge in [-0.05, 0) is 54.0 Å². The molecule has 0 spiro atoms. The molecule has 0 radical (unpaired) electrons. The molecule has 0 saturated carbocycles. The average Bonchev–Trinajstić information content (AvgIpc) is 3.20. The van der Waals surface area contributed by atoms with Crippen LogP contribution in [0.3, 0.4) is 0 Å². The van der Waals surface area contributed by atoms with Gasteiger partial charge in [0.25, 0.3) is 5.56 Å². The molecule has 0 fully saturated rings. The van der Waals surface area contributed by atoms with Gasteiger partial charge in [0, 0.05) is 12.3 Å². The summed E-state index contributed by atoms with van der Waals surface area (Å²) in [5, 5.41) is 8.63. The number of benzene rings is 2. The number of amides is 1. The normalized spacial score (nSPS) is 15.7. The molecule has 1 aliphatic rings. The number of aryl methyl sites for hydroxylation is 1. The van der Waals surface area contributed by atoms with Gasteiger partial charge in [0.05, 0.1) is 11.6 Å². The largest absolute Gasteiger partial charge is 0.348 e. The van der Waals surface area contributed by atoms with E-state index < -0.39 is 0 Å². The van der Waals surface area contributed by atoms with E-state index in [1.165, 1.54) is 21.9 Å². The van der Waals surface area contributed by atoms with Crippen LogP contribution in [0.4, 0.5) is 0 Å². The van der Waals surface area contributed by atoms with E-state index in [9.17, 15) is 9.59 Å². The van der Waals surface area contributed by atoms with E-state index in [-0.39, 0.29) is 24.1 Å². The topological polar surface area (TPSA) is 68.9 Å². The highest BCUT2D eigenvalue weighted by Crippen LogP contribution is 2.29. The summed E-state index contributed by atoms with van der Waals surface area (Å²) in [4.78, 5) is 25.1. The van der Waals surface area contributed by atoms with Crippen LogP contribution in [0, 0.1) is 0 Å². The van der Waals surface area contributed by atoms with Gasteiger partial charge in [-0.2, -0.15) is 5.10 Å². The Bertz CT molecular complexity index is 1290. The number of fused-ring (bicyclic) bond motifs is 2. The highest BCUT2D eigenvalue weighted by atomic mass is 16.2. The Morgan fingerprint density at radius 2 is 1.87 bits per heavy atom. The third-order valence-corrected chi connectivity index (χ3v) is 5.70. The van der Waals surface area contributed by atoms with E-state index in [1.807, 2.05) is 53.2 Å². The molecule has 4 aromatic rings. The first-order valence-corrected chi connectivity index (χ1v) is 10.2. The Hall–Kier alpha value is -3.67. The first-order valence-electron chi connectivity index (χ1n) is 10.2. The monoisotopic (exact) mass is 398 g/mol. The van der Waals surface area contributed by atoms with Crippen molar-refractivity contribution in [1.82, 2.24) is 19.7 Å².